The van der Waals surface area contributed by atoms with Crippen molar-refractivity contribution in [2.75, 3.05) is 6.54 Å². The first-order chi connectivity index (χ1) is 16.5. The molecule has 1 aliphatic carbocycles. The molecule has 0 spiro atoms. The summed E-state index contributed by atoms with van der Waals surface area (Å²) in [6.45, 7) is -0.450. The highest BCUT2D eigenvalue weighted by Gasteiger charge is 2.31. The van der Waals surface area contributed by atoms with Crippen LogP contribution in [0.2, 0.25) is 0 Å². The van der Waals surface area contributed by atoms with Gasteiger partial charge >= 0.3 is 6.18 Å². The Morgan fingerprint density at radius 1 is 0.914 bits per heavy atom. The van der Waals surface area contributed by atoms with E-state index in [9.17, 15) is 37.7 Å². The predicted molar refractivity (Wildman–Crippen MR) is 119 cm³/mol. The number of nitrogens with zero attached hydrogens (tertiary/aromatic N) is 1. The van der Waals surface area contributed by atoms with Gasteiger partial charge in [-0.1, -0.05) is 18.9 Å². The molecule has 0 aliphatic heterocycles. The second kappa shape index (κ2) is 11.0. The van der Waals surface area contributed by atoms with Crippen LogP contribution in [0.5, 0.6) is 0 Å². The number of carbonyl (C=O) groups excluding carboxylic acids is 3. The molecule has 1 fully saturated rings. The zero-order chi connectivity index (χ0) is 25.6. The fourth-order valence-corrected chi connectivity index (χ4v) is 3.82. The van der Waals surface area contributed by atoms with Crippen molar-refractivity contribution in [3.05, 3.63) is 75.3 Å². The van der Waals surface area contributed by atoms with Gasteiger partial charge in [-0.3, -0.25) is 24.5 Å². The highest BCUT2D eigenvalue weighted by molar-refractivity contribution is 5.97. The summed E-state index contributed by atoms with van der Waals surface area (Å²) in [7, 11) is 0. The molecule has 0 radical (unpaired) electrons. The molecule has 1 aliphatic rings. The summed E-state index contributed by atoms with van der Waals surface area (Å²) >= 11 is 0. The third kappa shape index (κ3) is 7.01. The summed E-state index contributed by atoms with van der Waals surface area (Å²) in [4.78, 5) is 47.4. The number of nitro groups is 1. The quantitative estimate of drug-likeness (QED) is 0.404. The molecule has 3 amide bonds. The number of rotatable bonds is 7. The Morgan fingerprint density at radius 3 is 2.14 bits per heavy atom. The number of non-ortho nitro benzene ring substituents is 1. The monoisotopic (exact) mass is 492 g/mol. The van der Waals surface area contributed by atoms with Gasteiger partial charge in [0.25, 0.3) is 17.5 Å². The summed E-state index contributed by atoms with van der Waals surface area (Å²) < 4.78 is 38.5. The number of halogens is 3. The normalized spacial score (nSPS) is 17.8. The first-order valence-corrected chi connectivity index (χ1v) is 10.8. The van der Waals surface area contributed by atoms with Crippen molar-refractivity contribution in [3.8, 4) is 0 Å². The van der Waals surface area contributed by atoms with Crippen molar-refractivity contribution in [1.82, 2.24) is 16.0 Å². The molecule has 2 aromatic carbocycles. The van der Waals surface area contributed by atoms with Gasteiger partial charge in [0, 0.05) is 35.3 Å². The van der Waals surface area contributed by atoms with E-state index >= 15 is 0 Å². The molecule has 186 valence electrons. The third-order valence-corrected chi connectivity index (χ3v) is 5.63. The summed E-state index contributed by atoms with van der Waals surface area (Å²) in [5.74, 6) is -1.81. The van der Waals surface area contributed by atoms with Crippen LogP contribution in [0.3, 0.4) is 0 Å². The van der Waals surface area contributed by atoms with E-state index in [2.05, 4.69) is 16.0 Å². The molecule has 0 unspecified atom stereocenters. The van der Waals surface area contributed by atoms with Gasteiger partial charge in [0.05, 0.1) is 17.0 Å². The average molecular weight is 492 g/mol. The smallest absolute Gasteiger partial charge is 0.350 e. The maximum Gasteiger partial charge on any atom is 0.416 e. The van der Waals surface area contributed by atoms with Crippen molar-refractivity contribution in [1.29, 1.82) is 0 Å². The molecule has 12 heteroatoms. The largest absolute Gasteiger partial charge is 0.416 e. The van der Waals surface area contributed by atoms with Crippen LogP contribution in [-0.2, 0) is 11.0 Å². The molecule has 1 saturated carbocycles. The zero-order valence-electron chi connectivity index (χ0n) is 18.4. The second-order valence-electron chi connectivity index (χ2n) is 8.10. The lowest BCUT2D eigenvalue weighted by atomic mass is 9.90. The fraction of sp³-hybridized carbons (Fsp3) is 0.348. The van der Waals surface area contributed by atoms with Crippen LogP contribution in [0.1, 0.15) is 52.0 Å². The van der Waals surface area contributed by atoms with Gasteiger partial charge in [0.1, 0.15) is 0 Å². The number of hydrogen-bond acceptors (Lipinski definition) is 5. The fourth-order valence-electron chi connectivity index (χ4n) is 3.82. The molecule has 3 rings (SSSR count). The topological polar surface area (TPSA) is 130 Å². The minimum Gasteiger partial charge on any atom is -0.350 e. The Balaban J connectivity index is 1.55. The average Bonchev–Trinajstić information content (AvgIpc) is 2.83. The summed E-state index contributed by atoms with van der Waals surface area (Å²) in [6, 6.07) is 8.20. The van der Waals surface area contributed by atoms with Gasteiger partial charge in [-0.15, -0.1) is 0 Å². The Kier molecular flexibility index (Phi) is 8.05. The van der Waals surface area contributed by atoms with Gasteiger partial charge in [-0.2, -0.15) is 13.2 Å². The van der Waals surface area contributed by atoms with Crippen LogP contribution in [0.25, 0.3) is 0 Å². The van der Waals surface area contributed by atoms with E-state index in [0.29, 0.717) is 18.9 Å². The lowest BCUT2D eigenvalue weighted by Crippen LogP contribution is -2.54. The molecule has 0 bridgehead atoms. The minimum atomic E-state index is -4.59. The van der Waals surface area contributed by atoms with Crippen LogP contribution in [0.15, 0.2) is 48.5 Å². The first kappa shape index (κ1) is 25.7. The molecule has 0 aromatic heterocycles. The molecule has 0 heterocycles. The summed E-state index contributed by atoms with van der Waals surface area (Å²) in [5.41, 5.74) is -1.10. The summed E-state index contributed by atoms with van der Waals surface area (Å²) in [6.07, 6.45) is -1.78. The SMILES string of the molecule is O=C(CNC(=O)c1cccc(C(F)(F)F)c1)N[C@@H]1CCCC[C@@H]1NC(=O)c1ccc([N+](=O)[O-])cc1. The van der Waals surface area contributed by atoms with Crippen molar-refractivity contribution in [3.63, 3.8) is 0 Å². The lowest BCUT2D eigenvalue weighted by Gasteiger charge is -2.32. The van der Waals surface area contributed by atoms with Gasteiger partial charge in [0.15, 0.2) is 0 Å². The van der Waals surface area contributed by atoms with E-state index in [4.69, 9.17) is 0 Å². The van der Waals surface area contributed by atoms with Crippen LogP contribution in [-0.4, -0.2) is 41.3 Å². The van der Waals surface area contributed by atoms with Gasteiger partial charge in [-0.05, 0) is 43.2 Å². The van der Waals surface area contributed by atoms with Gasteiger partial charge < -0.3 is 16.0 Å². The van der Waals surface area contributed by atoms with Gasteiger partial charge in [0.2, 0.25) is 5.91 Å². The van der Waals surface area contributed by atoms with E-state index in [1.54, 1.807) is 0 Å². The van der Waals surface area contributed by atoms with Crippen LogP contribution >= 0.6 is 0 Å². The standard InChI is InChI=1S/C23H23F3N4O5/c24-23(25,26)16-5-3-4-15(12-16)21(32)27-13-20(31)28-18-6-1-2-7-19(18)29-22(33)14-8-10-17(11-9-14)30(34)35/h3-5,8-12,18-19H,1-2,6-7,13H2,(H,27,32)(H,28,31)(H,29,33)/t18-,19+/m1/s1. The number of benzene rings is 2. The number of nitro benzene ring substituents is 1. The van der Waals surface area contributed by atoms with Crippen LogP contribution in [0.4, 0.5) is 18.9 Å². The molecule has 2 aromatic rings. The van der Waals surface area contributed by atoms with E-state index in [-0.39, 0.29) is 16.8 Å². The third-order valence-electron chi connectivity index (χ3n) is 5.63. The van der Waals surface area contributed by atoms with E-state index < -0.39 is 53.0 Å². The molecular weight excluding hydrogens is 469 g/mol. The van der Waals surface area contributed by atoms with Crippen LogP contribution in [0, 0.1) is 10.1 Å². The molecule has 3 N–H and O–H groups in total. The van der Waals surface area contributed by atoms with E-state index in [0.717, 1.165) is 25.0 Å². The highest BCUT2D eigenvalue weighted by atomic mass is 19.4. The zero-order valence-corrected chi connectivity index (χ0v) is 18.4. The van der Waals surface area contributed by atoms with Crippen molar-refractivity contribution in [2.45, 2.75) is 43.9 Å². The van der Waals surface area contributed by atoms with Gasteiger partial charge in [-0.25, -0.2) is 0 Å². The molecule has 9 nitrogen and oxygen atoms in total. The van der Waals surface area contributed by atoms with Crippen molar-refractivity contribution >= 4 is 23.4 Å². The van der Waals surface area contributed by atoms with Crippen molar-refractivity contribution in [2.24, 2.45) is 0 Å². The van der Waals surface area contributed by atoms with E-state index in [1.807, 2.05) is 0 Å². The first-order valence-electron chi connectivity index (χ1n) is 10.8. The molecule has 35 heavy (non-hydrogen) atoms. The predicted octanol–water partition coefficient (Wildman–Crippen LogP) is 3.20. The van der Waals surface area contributed by atoms with Crippen LogP contribution < -0.4 is 16.0 Å². The number of hydrogen-bond donors (Lipinski definition) is 3. The minimum absolute atomic E-state index is 0.142. The Labute approximate surface area is 198 Å². The lowest BCUT2D eigenvalue weighted by molar-refractivity contribution is -0.384. The molecular formula is C23H23F3N4O5. The second-order valence-corrected chi connectivity index (χ2v) is 8.10. The number of amides is 3. The highest BCUT2D eigenvalue weighted by Crippen LogP contribution is 2.29. The number of nitrogens with one attached hydrogen (secondary N) is 3. The summed E-state index contributed by atoms with van der Waals surface area (Å²) in [5, 5.41) is 18.7. The Hall–Kier alpha value is -3.96. The Bertz CT molecular complexity index is 1110. The number of carbonyl (C=O) groups is 3. The maximum absolute atomic E-state index is 12.8. The van der Waals surface area contributed by atoms with Crippen molar-refractivity contribution < 1.29 is 32.5 Å². The molecule has 0 saturated heterocycles. The number of alkyl halides is 3. The van der Waals surface area contributed by atoms with E-state index in [1.165, 1.54) is 30.3 Å². The molecule has 2 atom stereocenters. The maximum atomic E-state index is 12.8. The Morgan fingerprint density at radius 2 is 1.54 bits per heavy atom.